The van der Waals surface area contributed by atoms with Gasteiger partial charge in [0.25, 0.3) is 0 Å². The normalized spacial score (nSPS) is 12.9. The number of hydrogen-bond acceptors (Lipinski definition) is 3. The molecule has 0 fully saturated rings. The molecule has 3 rings (SSSR count). The fourth-order valence-corrected chi connectivity index (χ4v) is 3.88. The zero-order valence-corrected chi connectivity index (χ0v) is 18.2. The highest BCUT2D eigenvalue weighted by Gasteiger charge is 2.21. The van der Waals surface area contributed by atoms with Crippen molar-refractivity contribution < 1.29 is 13.9 Å². The zero-order chi connectivity index (χ0) is 22.1. The topological polar surface area (TPSA) is 38.3 Å². The largest absolute Gasteiger partial charge is 0.465 e. The van der Waals surface area contributed by atoms with Crippen LogP contribution in [0.25, 0.3) is 11.1 Å². The molecular formula is C27H30FNO2. The summed E-state index contributed by atoms with van der Waals surface area (Å²) in [4.78, 5) is 11.8. The number of carbonyl (C=O) groups excluding carboxylic acids is 1. The Morgan fingerprint density at radius 3 is 2.32 bits per heavy atom. The van der Waals surface area contributed by atoms with Crippen LogP contribution in [0.5, 0.6) is 0 Å². The van der Waals surface area contributed by atoms with Crippen LogP contribution in [0.3, 0.4) is 0 Å². The molecule has 0 spiro atoms. The maximum absolute atomic E-state index is 15.0. The second kappa shape index (κ2) is 11.4. The maximum Gasteiger partial charge on any atom is 0.319 e. The summed E-state index contributed by atoms with van der Waals surface area (Å²) in [7, 11) is 0. The molecule has 0 aliphatic carbocycles. The van der Waals surface area contributed by atoms with E-state index in [1.807, 2.05) is 67.6 Å². The first-order valence-corrected chi connectivity index (χ1v) is 10.9. The van der Waals surface area contributed by atoms with Crippen LogP contribution in [-0.4, -0.2) is 25.2 Å². The number of rotatable bonds is 10. The van der Waals surface area contributed by atoms with Gasteiger partial charge in [-0.25, -0.2) is 4.39 Å². The van der Waals surface area contributed by atoms with E-state index in [0.717, 1.165) is 24.0 Å². The van der Waals surface area contributed by atoms with E-state index in [-0.39, 0.29) is 30.3 Å². The molecule has 0 amide bonds. The van der Waals surface area contributed by atoms with Crippen LogP contribution in [-0.2, 0) is 16.0 Å². The standard InChI is InChI=1S/C27H30FNO2/c1-3-31-27(30)19-29-20(2)24(16-14-21-10-6-4-7-11-21)23-15-17-25(26(28)18-23)22-12-8-5-9-13-22/h4-13,15,17-18,20,24,29H,3,14,16,19H2,1-2H3/t20-,24+/m1/s1. The lowest BCUT2D eigenvalue weighted by Crippen LogP contribution is -2.37. The summed E-state index contributed by atoms with van der Waals surface area (Å²) in [6.07, 6.45) is 1.71. The van der Waals surface area contributed by atoms with Gasteiger partial charge in [-0.15, -0.1) is 0 Å². The average molecular weight is 420 g/mol. The lowest BCUT2D eigenvalue weighted by atomic mass is 9.86. The molecule has 0 radical (unpaired) electrons. The molecule has 0 unspecified atom stereocenters. The number of halogens is 1. The highest BCUT2D eigenvalue weighted by Crippen LogP contribution is 2.30. The molecule has 0 bridgehead atoms. The van der Waals surface area contributed by atoms with Gasteiger partial charge >= 0.3 is 5.97 Å². The molecule has 0 heterocycles. The molecule has 4 heteroatoms. The fraction of sp³-hybridized carbons (Fsp3) is 0.296. The van der Waals surface area contributed by atoms with E-state index in [4.69, 9.17) is 4.74 Å². The van der Waals surface area contributed by atoms with Crippen LogP contribution < -0.4 is 5.32 Å². The van der Waals surface area contributed by atoms with Gasteiger partial charge in [0.15, 0.2) is 0 Å². The number of nitrogens with one attached hydrogen (secondary N) is 1. The van der Waals surface area contributed by atoms with Gasteiger partial charge in [0.1, 0.15) is 5.82 Å². The number of aryl methyl sites for hydroxylation is 1. The molecule has 3 nitrogen and oxygen atoms in total. The molecule has 3 aromatic carbocycles. The van der Waals surface area contributed by atoms with Gasteiger partial charge in [0, 0.05) is 11.6 Å². The number of ether oxygens (including phenoxy) is 1. The van der Waals surface area contributed by atoms with Gasteiger partial charge in [0.05, 0.1) is 13.2 Å². The Hall–Kier alpha value is -2.98. The molecular weight excluding hydrogens is 389 g/mol. The van der Waals surface area contributed by atoms with Crippen molar-refractivity contribution in [3.05, 3.63) is 95.8 Å². The molecule has 1 N–H and O–H groups in total. The fourth-order valence-electron chi connectivity index (χ4n) is 3.88. The predicted molar refractivity (Wildman–Crippen MR) is 123 cm³/mol. The van der Waals surface area contributed by atoms with Gasteiger partial charge in [-0.1, -0.05) is 72.8 Å². The van der Waals surface area contributed by atoms with Crippen LogP contribution in [0, 0.1) is 5.82 Å². The van der Waals surface area contributed by atoms with E-state index in [1.165, 1.54) is 5.56 Å². The van der Waals surface area contributed by atoms with Crippen molar-refractivity contribution in [2.75, 3.05) is 13.2 Å². The van der Waals surface area contributed by atoms with Crippen molar-refractivity contribution in [3.63, 3.8) is 0 Å². The predicted octanol–water partition coefficient (Wildman–Crippen LogP) is 5.75. The van der Waals surface area contributed by atoms with E-state index in [9.17, 15) is 4.79 Å². The molecule has 0 aliphatic heterocycles. The summed E-state index contributed by atoms with van der Waals surface area (Å²) >= 11 is 0. The Morgan fingerprint density at radius 2 is 1.68 bits per heavy atom. The monoisotopic (exact) mass is 419 g/mol. The first-order chi connectivity index (χ1) is 15.1. The summed E-state index contributed by atoms with van der Waals surface area (Å²) in [5.74, 6) is -0.457. The third-order valence-corrected chi connectivity index (χ3v) is 5.57. The van der Waals surface area contributed by atoms with Crippen molar-refractivity contribution in [2.24, 2.45) is 0 Å². The lowest BCUT2D eigenvalue weighted by molar-refractivity contribution is -0.142. The molecule has 31 heavy (non-hydrogen) atoms. The molecule has 0 saturated carbocycles. The van der Waals surface area contributed by atoms with Crippen LogP contribution in [0.4, 0.5) is 4.39 Å². The van der Waals surface area contributed by atoms with Crippen LogP contribution in [0.15, 0.2) is 78.9 Å². The Bertz CT molecular complexity index is 959. The van der Waals surface area contributed by atoms with Crippen molar-refractivity contribution in [1.82, 2.24) is 5.32 Å². The summed E-state index contributed by atoms with van der Waals surface area (Å²) in [5, 5.41) is 3.27. The van der Waals surface area contributed by atoms with Gasteiger partial charge < -0.3 is 10.1 Å². The van der Waals surface area contributed by atoms with E-state index < -0.39 is 0 Å². The summed E-state index contributed by atoms with van der Waals surface area (Å²) in [5.41, 5.74) is 3.63. The molecule has 0 aromatic heterocycles. The van der Waals surface area contributed by atoms with Crippen LogP contribution in [0.2, 0.25) is 0 Å². The zero-order valence-electron chi connectivity index (χ0n) is 18.2. The number of carbonyl (C=O) groups is 1. The summed E-state index contributed by atoms with van der Waals surface area (Å²) in [6, 6.07) is 25.3. The highest BCUT2D eigenvalue weighted by atomic mass is 19.1. The SMILES string of the molecule is CCOC(=O)CN[C@H](C)[C@H](CCc1ccccc1)c1ccc(-c2ccccc2)c(F)c1. The number of benzene rings is 3. The lowest BCUT2D eigenvalue weighted by Gasteiger charge is -2.26. The third kappa shape index (κ3) is 6.50. The smallest absolute Gasteiger partial charge is 0.319 e. The van der Waals surface area contributed by atoms with Gasteiger partial charge in [0.2, 0.25) is 0 Å². The number of esters is 1. The number of hydrogen-bond donors (Lipinski definition) is 1. The quantitative estimate of drug-likeness (QED) is 0.425. The molecule has 2 atom stereocenters. The molecule has 162 valence electrons. The minimum atomic E-state index is -0.276. The van der Waals surface area contributed by atoms with Gasteiger partial charge in [-0.2, -0.15) is 0 Å². The highest BCUT2D eigenvalue weighted by molar-refractivity contribution is 5.71. The van der Waals surface area contributed by atoms with Crippen molar-refractivity contribution in [3.8, 4) is 11.1 Å². The van der Waals surface area contributed by atoms with E-state index in [1.54, 1.807) is 13.0 Å². The maximum atomic E-state index is 15.0. The van der Waals surface area contributed by atoms with Crippen molar-refractivity contribution in [1.29, 1.82) is 0 Å². The minimum Gasteiger partial charge on any atom is -0.465 e. The van der Waals surface area contributed by atoms with Crippen LogP contribution >= 0.6 is 0 Å². The van der Waals surface area contributed by atoms with E-state index in [0.29, 0.717) is 12.2 Å². The minimum absolute atomic E-state index is 0.0184. The second-order valence-electron chi connectivity index (χ2n) is 7.71. The van der Waals surface area contributed by atoms with Crippen molar-refractivity contribution >= 4 is 5.97 Å². The Kier molecular flexibility index (Phi) is 8.36. The van der Waals surface area contributed by atoms with Gasteiger partial charge in [-0.3, -0.25) is 4.79 Å². The molecule has 0 aliphatic rings. The van der Waals surface area contributed by atoms with E-state index in [2.05, 4.69) is 17.4 Å². The first kappa shape index (κ1) is 22.7. The van der Waals surface area contributed by atoms with Crippen molar-refractivity contribution in [2.45, 2.75) is 38.6 Å². The summed E-state index contributed by atoms with van der Waals surface area (Å²) in [6.45, 7) is 4.33. The van der Waals surface area contributed by atoms with E-state index >= 15 is 4.39 Å². The Morgan fingerprint density at radius 1 is 1.00 bits per heavy atom. The first-order valence-electron chi connectivity index (χ1n) is 10.9. The third-order valence-electron chi connectivity index (χ3n) is 5.57. The van der Waals surface area contributed by atoms with Gasteiger partial charge in [-0.05, 0) is 55.4 Å². The average Bonchev–Trinajstić information content (AvgIpc) is 2.79. The molecule has 3 aromatic rings. The summed E-state index contributed by atoms with van der Waals surface area (Å²) < 4.78 is 20.1. The van der Waals surface area contributed by atoms with Crippen LogP contribution in [0.1, 0.15) is 37.3 Å². The Balaban J connectivity index is 1.80. The second-order valence-corrected chi connectivity index (χ2v) is 7.71. The molecule has 0 saturated heterocycles. The Labute approximate surface area is 184 Å².